The number of carbonyl (C=O) groups excluding carboxylic acids is 1. The van der Waals surface area contributed by atoms with Crippen molar-refractivity contribution in [1.82, 2.24) is 4.90 Å². The summed E-state index contributed by atoms with van der Waals surface area (Å²) in [6, 6.07) is 7.68. The highest BCUT2D eigenvalue weighted by atomic mass is 35.5. The van der Waals surface area contributed by atoms with E-state index in [2.05, 4.69) is 4.90 Å². The van der Waals surface area contributed by atoms with Gasteiger partial charge in [0.2, 0.25) is 5.78 Å². The molecule has 0 atom stereocenters. The summed E-state index contributed by atoms with van der Waals surface area (Å²) in [4.78, 5) is 15.5. The van der Waals surface area contributed by atoms with Gasteiger partial charge in [0, 0.05) is 22.6 Å². The van der Waals surface area contributed by atoms with Gasteiger partial charge in [0.25, 0.3) is 0 Å². The first-order valence-corrected chi connectivity index (χ1v) is 10.7. The van der Waals surface area contributed by atoms with E-state index in [0.29, 0.717) is 39.7 Å². The van der Waals surface area contributed by atoms with Crippen molar-refractivity contribution in [3.8, 4) is 11.5 Å². The molecule has 2 aliphatic heterocycles. The van der Waals surface area contributed by atoms with Crippen LogP contribution in [0.3, 0.4) is 0 Å². The second-order valence-corrected chi connectivity index (χ2v) is 8.78. The van der Waals surface area contributed by atoms with E-state index >= 15 is 0 Å². The summed E-state index contributed by atoms with van der Waals surface area (Å²) in [5.74, 6) is 1.60. The van der Waals surface area contributed by atoms with Crippen molar-refractivity contribution in [3.05, 3.63) is 62.3 Å². The Morgan fingerprint density at radius 2 is 1.97 bits per heavy atom. The van der Waals surface area contributed by atoms with Crippen molar-refractivity contribution in [2.24, 2.45) is 0 Å². The molecular formula is C23H21Cl2NO3. The van der Waals surface area contributed by atoms with Gasteiger partial charge in [-0.3, -0.25) is 9.69 Å². The number of Topliss-reactive ketones (excluding diaryl/α,β-unsaturated/α-hetero) is 1. The van der Waals surface area contributed by atoms with E-state index in [-0.39, 0.29) is 11.5 Å². The maximum Gasteiger partial charge on any atom is 0.232 e. The molecule has 6 heteroatoms. The Labute approximate surface area is 180 Å². The minimum absolute atomic E-state index is 0.121. The first-order valence-electron chi connectivity index (χ1n) is 9.94. The van der Waals surface area contributed by atoms with Gasteiger partial charge in [-0.25, -0.2) is 0 Å². The molecule has 3 aliphatic rings. The van der Waals surface area contributed by atoms with Crippen LogP contribution in [0.25, 0.3) is 6.08 Å². The fourth-order valence-corrected chi connectivity index (χ4v) is 4.97. The molecule has 1 saturated carbocycles. The van der Waals surface area contributed by atoms with Gasteiger partial charge >= 0.3 is 0 Å². The lowest BCUT2D eigenvalue weighted by Gasteiger charge is -2.34. The SMILES string of the molecule is Cc1cc2c(c3c1C(=O)/C(=C/c1ccc(Cl)cc1Cl)O3)CN(C1CCCC1)CO2. The van der Waals surface area contributed by atoms with Gasteiger partial charge in [-0.15, -0.1) is 0 Å². The van der Waals surface area contributed by atoms with Crippen molar-refractivity contribution in [1.29, 1.82) is 0 Å². The van der Waals surface area contributed by atoms with Gasteiger partial charge in [-0.2, -0.15) is 0 Å². The molecule has 150 valence electrons. The Morgan fingerprint density at radius 1 is 1.17 bits per heavy atom. The standard InChI is InChI=1S/C23H21Cl2NO3/c1-13-8-19-17(11-26(12-28-19)16-4-2-3-5-16)23-21(13)22(27)20(29-23)9-14-6-7-15(24)10-18(14)25/h6-10,16H,2-5,11-12H2,1H3/b20-9-. The second-order valence-electron chi connectivity index (χ2n) is 7.94. The summed E-state index contributed by atoms with van der Waals surface area (Å²) in [6.07, 6.45) is 6.62. The van der Waals surface area contributed by atoms with E-state index in [1.165, 1.54) is 25.7 Å². The predicted molar refractivity (Wildman–Crippen MR) is 114 cm³/mol. The summed E-state index contributed by atoms with van der Waals surface area (Å²) in [5, 5.41) is 1.03. The molecule has 2 aromatic carbocycles. The Bertz CT molecular complexity index is 1040. The lowest BCUT2D eigenvalue weighted by Crippen LogP contribution is -2.39. The van der Waals surface area contributed by atoms with Crippen LogP contribution in [0.5, 0.6) is 11.5 Å². The molecule has 2 heterocycles. The number of halogens is 2. The van der Waals surface area contributed by atoms with E-state index in [9.17, 15) is 4.79 Å². The number of aryl methyl sites for hydroxylation is 1. The van der Waals surface area contributed by atoms with Crippen LogP contribution in [0.4, 0.5) is 0 Å². The van der Waals surface area contributed by atoms with Crippen molar-refractivity contribution in [3.63, 3.8) is 0 Å². The molecule has 0 unspecified atom stereocenters. The minimum Gasteiger partial charge on any atom is -0.478 e. The molecule has 0 aromatic heterocycles. The number of fused-ring (bicyclic) bond motifs is 3. The largest absolute Gasteiger partial charge is 0.478 e. The zero-order valence-corrected chi connectivity index (χ0v) is 17.6. The van der Waals surface area contributed by atoms with Gasteiger partial charge in [-0.1, -0.05) is 42.1 Å². The Morgan fingerprint density at radius 3 is 2.72 bits per heavy atom. The fourth-order valence-electron chi connectivity index (χ4n) is 4.51. The molecule has 0 spiro atoms. The van der Waals surface area contributed by atoms with Crippen LogP contribution in [0.2, 0.25) is 10.0 Å². The lowest BCUT2D eigenvalue weighted by atomic mass is 9.98. The van der Waals surface area contributed by atoms with E-state index in [0.717, 1.165) is 23.4 Å². The predicted octanol–water partition coefficient (Wildman–Crippen LogP) is 6.01. The van der Waals surface area contributed by atoms with Crippen LogP contribution in [0.1, 0.15) is 52.7 Å². The summed E-state index contributed by atoms with van der Waals surface area (Å²) in [7, 11) is 0. The molecule has 2 aromatic rings. The molecule has 1 fully saturated rings. The zero-order valence-electron chi connectivity index (χ0n) is 16.1. The lowest BCUT2D eigenvalue weighted by molar-refractivity contribution is 0.0567. The van der Waals surface area contributed by atoms with Gasteiger partial charge < -0.3 is 9.47 Å². The molecule has 0 N–H and O–H groups in total. The molecule has 0 amide bonds. The average Bonchev–Trinajstić information content (AvgIpc) is 3.33. The molecule has 4 nitrogen and oxygen atoms in total. The summed E-state index contributed by atoms with van der Waals surface area (Å²) >= 11 is 12.3. The van der Waals surface area contributed by atoms with Crippen LogP contribution in [-0.2, 0) is 6.54 Å². The maximum atomic E-state index is 13.1. The van der Waals surface area contributed by atoms with Crippen LogP contribution in [0, 0.1) is 6.92 Å². The maximum absolute atomic E-state index is 13.1. The third-order valence-electron chi connectivity index (χ3n) is 6.04. The first kappa shape index (κ1) is 19.0. The van der Waals surface area contributed by atoms with E-state index in [1.54, 1.807) is 24.3 Å². The highest BCUT2D eigenvalue weighted by Crippen LogP contribution is 2.45. The molecule has 1 aliphatic carbocycles. The van der Waals surface area contributed by atoms with Gasteiger partial charge in [0.15, 0.2) is 5.76 Å². The monoisotopic (exact) mass is 429 g/mol. The van der Waals surface area contributed by atoms with Gasteiger partial charge in [-0.05, 0) is 55.2 Å². The average molecular weight is 430 g/mol. The third-order valence-corrected chi connectivity index (χ3v) is 6.60. The van der Waals surface area contributed by atoms with Gasteiger partial charge in [0.05, 0.1) is 11.1 Å². The van der Waals surface area contributed by atoms with Crippen LogP contribution in [0.15, 0.2) is 30.0 Å². The van der Waals surface area contributed by atoms with Crippen molar-refractivity contribution >= 4 is 35.1 Å². The highest BCUT2D eigenvalue weighted by Gasteiger charge is 2.37. The summed E-state index contributed by atoms with van der Waals surface area (Å²) < 4.78 is 12.2. The normalized spacial score (nSPS) is 20.5. The Kier molecular flexibility index (Phi) is 4.81. The number of rotatable bonds is 2. The van der Waals surface area contributed by atoms with Crippen molar-refractivity contribution in [2.75, 3.05) is 6.73 Å². The van der Waals surface area contributed by atoms with Crippen LogP contribution in [-0.4, -0.2) is 23.5 Å². The van der Waals surface area contributed by atoms with Crippen LogP contribution >= 0.6 is 23.2 Å². The van der Waals surface area contributed by atoms with E-state index in [1.807, 2.05) is 13.0 Å². The number of nitrogens with zero attached hydrogens (tertiary/aromatic N) is 1. The quantitative estimate of drug-likeness (QED) is 0.547. The van der Waals surface area contributed by atoms with Crippen molar-refractivity contribution in [2.45, 2.75) is 45.2 Å². The zero-order chi connectivity index (χ0) is 20.1. The Balaban J connectivity index is 1.52. The summed E-state index contributed by atoms with van der Waals surface area (Å²) in [6.45, 7) is 3.25. The Hall–Kier alpha value is -2.01. The number of ketones is 1. The molecule has 0 bridgehead atoms. The molecular weight excluding hydrogens is 409 g/mol. The molecule has 5 rings (SSSR count). The van der Waals surface area contributed by atoms with Crippen molar-refractivity contribution < 1.29 is 14.3 Å². The topological polar surface area (TPSA) is 38.8 Å². The van der Waals surface area contributed by atoms with Crippen LogP contribution < -0.4 is 9.47 Å². The summed E-state index contributed by atoms with van der Waals surface area (Å²) in [5.41, 5.74) is 3.14. The number of hydrogen-bond donors (Lipinski definition) is 0. The number of carbonyl (C=O) groups is 1. The fraction of sp³-hybridized carbons (Fsp3) is 0.348. The van der Waals surface area contributed by atoms with E-state index in [4.69, 9.17) is 32.7 Å². The number of allylic oxidation sites excluding steroid dienone is 1. The first-order chi connectivity index (χ1) is 14.0. The molecule has 0 saturated heterocycles. The van der Waals surface area contributed by atoms with E-state index < -0.39 is 0 Å². The van der Waals surface area contributed by atoms with Gasteiger partial charge in [0.1, 0.15) is 18.2 Å². The third kappa shape index (κ3) is 3.33. The number of hydrogen-bond acceptors (Lipinski definition) is 4. The smallest absolute Gasteiger partial charge is 0.232 e. The number of ether oxygens (including phenoxy) is 2. The minimum atomic E-state index is -0.121. The second kappa shape index (κ2) is 7.35. The number of benzene rings is 2. The molecule has 29 heavy (non-hydrogen) atoms. The molecule has 0 radical (unpaired) electrons. The highest BCUT2D eigenvalue weighted by molar-refractivity contribution is 6.35.